The summed E-state index contributed by atoms with van der Waals surface area (Å²) in [7, 11) is 1.41. The highest BCUT2D eigenvalue weighted by Gasteiger charge is 2.18. The molecule has 164 valence electrons. The Morgan fingerprint density at radius 2 is 1.43 bits per heavy atom. The van der Waals surface area contributed by atoms with Crippen LogP contribution in [-0.4, -0.2) is 31.1 Å². The lowest BCUT2D eigenvalue weighted by molar-refractivity contribution is -0.147. The van der Waals surface area contributed by atoms with E-state index in [2.05, 4.69) is 6.92 Å². The summed E-state index contributed by atoms with van der Waals surface area (Å²) < 4.78 is 10.1. The van der Waals surface area contributed by atoms with Crippen molar-refractivity contribution >= 4 is 17.8 Å². The first-order valence-corrected chi connectivity index (χ1v) is 10.9. The van der Waals surface area contributed by atoms with Crippen molar-refractivity contribution in [2.45, 2.75) is 104 Å². The second-order valence-electron chi connectivity index (χ2n) is 7.82. The van der Waals surface area contributed by atoms with Gasteiger partial charge in [-0.25, -0.2) is 0 Å². The Bertz CT molecular complexity index is 452. The largest absolute Gasteiger partial charge is 0.469 e. The summed E-state index contributed by atoms with van der Waals surface area (Å²) in [6.07, 6.45) is 10.9. The minimum absolute atomic E-state index is 0.0580. The van der Waals surface area contributed by atoms with Crippen LogP contribution in [0.3, 0.4) is 0 Å². The number of ether oxygens (including phenoxy) is 2. The molecule has 3 unspecified atom stereocenters. The molecular weight excluding hydrogens is 358 g/mol. The van der Waals surface area contributed by atoms with Crippen molar-refractivity contribution in [1.82, 2.24) is 0 Å². The topological polar surface area (TPSA) is 95.7 Å². The Kier molecular flexibility index (Phi) is 15.4. The Hall–Kier alpha value is -1.59. The highest BCUT2D eigenvalue weighted by Crippen LogP contribution is 2.21. The second-order valence-corrected chi connectivity index (χ2v) is 7.82. The third-order valence-electron chi connectivity index (χ3n) is 5.24. The molecule has 0 aromatic carbocycles. The van der Waals surface area contributed by atoms with E-state index in [1.54, 1.807) is 0 Å². The fourth-order valence-corrected chi connectivity index (χ4v) is 3.48. The summed E-state index contributed by atoms with van der Waals surface area (Å²) in [6, 6.07) is 0. The Morgan fingerprint density at radius 3 is 2.00 bits per heavy atom. The highest BCUT2D eigenvalue weighted by atomic mass is 16.5. The van der Waals surface area contributed by atoms with Crippen LogP contribution in [-0.2, 0) is 23.9 Å². The molecule has 0 aliphatic carbocycles. The van der Waals surface area contributed by atoms with Gasteiger partial charge in [0.25, 0.3) is 0 Å². The molecule has 0 spiro atoms. The Morgan fingerprint density at radius 1 is 0.857 bits per heavy atom. The van der Waals surface area contributed by atoms with Crippen molar-refractivity contribution in [3.8, 4) is 0 Å². The van der Waals surface area contributed by atoms with Gasteiger partial charge in [0.2, 0.25) is 5.91 Å². The monoisotopic (exact) mass is 399 g/mol. The number of unbranched alkanes of at least 4 members (excludes halogenated alkanes) is 4. The van der Waals surface area contributed by atoms with Crippen LogP contribution in [0.25, 0.3) is 0 Å². The first-order chi connectivity index (χ1) is 13.3. The molecule has 6 nitrogen and oxygen atoms in total. The first kappa shape index (κ1) is 26.4. The van der Waals surface area contributed by atoms with E-state index in [0.29, 0.717) is 0 Å². The van der Waals surface area contributed by atoms with E-state index in [-0.39, 0.29) is 35.8 Å². The molecule has 0 rings (SSSR count). The molecule has 1 amide bonds. The van der Waals surface area contributed by atoms with E-state index in [9.17, 15) is 14.4 Å². The summed E-state index contributed by atoms with van der Waals surface area (Å²) in [5.74, 6) is -0.877. The number of carbonyl (C=O) groups excluding carboxylic acids is 3. The van der Waals surface area contributed by atoms with Crippen molar-refractivity contribution in [3.63, 3.8) is 0 Å². The van der Waals surface area contributed by atoms with Crippen LogP contribution in [0.15, 0.2) is 0 Å². The van der Waals surface area contributed by atoms with Gasteiger partial charge in [-0.05, 0) is 44.9 Å². The SMILES string of the molecule is CCCCCC(CCCC(CCCCCC(C)C(=O)OC)C(N)=O)OC(C)=O. The predicted octanol–water partition coefficient (Wildman–Crippen LogP) is 4.53. The lowest BCUT2D eigenvalue weighted by atomic mass is 9.92. The fraction of sp³-hybridized carbons (Fsp3) is 0.864. The van der Waals surface area contributed by atoms with Crippen LogP contribution in [0.2, 0.25) is 0 Å². The number of nitrogens with two attached hydrogens (primary N) is 1. The molecule has 0 heterocycles. The van der Waals surface area contributed by atoms with Gasteiger partial charge in [-0.2, -0.15) is 0 Å². The van der Waals surface area contributed by atoms with Crippen LogP contribution in [0.4, 0.5) is 0 Å². The average molecular weight is 400 g/mol. The second kappa shape index (κ2) is 16.4. The molecule has 0 saturated heterocycles. The molecule has 28 heavy (non-hydrogen) atoms. The number of esters is 2. The molecule has 0 aliphatic heterocycles. The van der Waals surface area contributed by atoms with Crippen molar-refractivity contribution in [2.75, 3.05) is 7.11 Å². The highest BCUT2D eigenvalue weighted by molar-refractivity contribution is 5.76. The van der Waals surface area contributed by atoms with Crippen LogP contribution in [0, 0.1) is 11.8 Å². The van der Waals surface area contributed by atoms with Crippen molar-refractivity contribution in [1.29, 1.82) is 0 Å². The van der Waals surface area contributed by atoms with Crippen LogP contribution in [0.1, 0.15) is 97.8 Å². The normalized spacial score (nSPS) is 14.1. The molecule has 3 atom stereocenters. The number of carbonyl (C=O) groups is 3. The van der Waals surface area contributed by atoms with Gasteiger partial charge in [0.1, 0.15) is 6.10 Å². The van der Waals surface area contributed by atoms with E-state index in [1.165, 1.54) is 14.0 Å². The van der Waals surface area contributed by atoms with Crippen LogP contribution >= 0.6 is 0 Å². The maximum atomic E-state index is 11.7. The zero-order chi connectivity index (χ0) is 21.4. The number of rotatable bonds is 17. The van der Waals surface area contributed by atoms with E-state index in [1.807, 2.05) is 6.92 Å². The van der Waals surface area contributed by atoms with Crippen LogP contribution < -0.4 is 5.73 Å². The molecule has 0 aliphatic rings. The average Bonchev–Trinajstić information content (AvgIpc) is 2.64. The first-order valence-electron chi connectivity index (χ1n) is 10.9. The maximum Gasteiger partial charge on any atom is 0.308 e. The van der Waals surface area contributed by atoms with Gasteiger partial charge in [0.05, 0.1) is 13.0 Å². The summed E-state index contributed by atoms with van der Waals surface area (Å²) in [6.45, 7) is 5.46. The van der Waals surface area contributed by atoms with Gasteiger partial charge in [0, 0.05) is 12.8 Å². The summed E-state index contributed by atoms with van der Waals surface area (Å²) in [5.41, 5.74) is 5.57. The van der Waals surface area contributed by atoms with Crippen LogP contribution in [0.5, 0.6) is 0 Å². The van der Waals surface area contributed by atoms with Crippen molar-refractivity contribution < 1.29 is 23.9 Å². The number of hydrogen-bond donors (Lipinski definition) is 1. The molecule has 0 aromatic heterocycles. The van der Waals surface area contributed by atoms with Gasteiger partial charge in [0.15, 0.2) is 0 Å². The predicted molar refractivity (Wildman–Crippen MR) is 110 cm³/mol. The molecule has 0 aromatic rings. The lowest BCUT2D eigenvalue weighted by Crippen LogP contribution is -2.24. The molecule has 0 bridgehead atoms. The molecule has 0 fully saturated rings. The zero-order valence-electron chi connectivity index (χ0n) is 18.3. The van der Waals surface area contributed by atoms with Gasteiger partial charge in [-0.3, -0.25) is 14.4 Å². The zero-order valence-corrected chi connectivity index (χ0v) is 18.3. The number of primary amides is 1. The number of hydrogen-bond acceptors (Lipinski definition) is 5. The molecule has 0 radical (unpaired) electrons. The van der Waals surface area contributed by atoms with Crippen molar-refractivity contribution in [3.05, 3.63) is 0 Å². The van der Waals surface area contributed by atoms with Crippen molar-refractivity contribution in [2.24, 2.45) is 17.6 Å². The molecule has 0 saturated carbocycles. The van der Waals surface area contributed by atoms with E-state index < -0.39 is 0 Å². The summed E-state index contributed by atoms with van der Waals surface area (Å²) in [4.78, 5) is 34.4. The minimum atomic E-state index is -0.252. The Labute approximate surface area is 170 Å². The Balaban J connectivity index is 4.16. The summed E-state index contributed by atoms with van der Waals surface area (Å²) in [5, 5.41) is 0. The van der Waals surface area contributed by atoms with E-state index >= 15 is 0 Å². The van der Waals surface area contributed by atoms with E-state index in [0.717, 1.165) is 77.0 Å². The third-order valence-corrected chi connectivity index (χ3v) is 5.24. The van der Waals surface area contributed by atoms with Gasteiger partial charge < -0.3 is 15.2 Å². The van der Waals surface area contributed by atoms with Gasteiger partial charge in [-0.15, -0.1) is 0 Å². The van der Waals surface area contributed by atoms with E-state index in [4.69, 9.17) is 15.2 Å². The smallest absolute Gasteiger partial charge is 0.308 e. The molecule has 6 heteroatoms. The standard InChI is InChI=1S/C22H41NO5/c1-5-6-8-15-20(28-18(3)24)16-11-14-19(21(23)25)13-10-7-9-12-17(2)22(26)27-4/h17,19-20H,5-16H2,1-4H3,(H2,23,25). The maximum absolute atomic E-state index is 11.7. The summed E-state index contributed by atoms with van der Waals surface area (Å²) >= 11 is 0. The minimum Gasteiger partial charge on any atom is -0.469 e. The lowest BCUT2D eigenvalue weighted by Gasteiger charge is -2.19. The number of amides is 1. The number of methoxy groups -OCH3 is 1. The molecular formula is C22H41NO5. The fourth-order valence-electron chi connectivity index (χ4n) is 3.48. The molecule has 2 N–H and O–H groups in total. The quantitative estimate of drug-likeness (QED) is 0.286. The van der Waals surface area contributed by atoms with Gasteiger partial charge in [-0.1, -0.05) is 46.0 Å². The van der Waals surface area contributed by atoms with Gasteiger partial charge >= 0.3 is 11.9 Å². The third kappa shape index (κ3) is 13.6.